The van der Waals surface area contributed by atoms with E-state index in [1.807, 2.05) is 30.3 Å². The standard InChI is InChI=1S/C24H30N4O6/c1-14(27-23(32)19(25)12-16-6-4-3-5-7-16)21(30)26-15(2)22(31)28-20(24(33)34)13-17-8-10-18(29)11-9-17/h3-11,14-15,19-20,29H,12-13,25H2,1-2H3,(H,26,30)(H,27,32)(H,28,31)(H,33,34). The highest BCUT2D eigenvalue weighted by atomic mass is 16.4. The van der Waals surface area contributed by atoms with Gasteiger partial charge in [0.25, 0.3) is 0 Å². The molecule has 10 nitrogen and oxygen atoms in total. The van der Waals surface area contributed by atoms with E-state index in [-0.39, 0.29) is 12.2 Å². The van der Waals surface area contributed by atoms with E-state index in [0.717, 1.165) is 5.56 Å². The molecule has 0 bridgehead atoms. The van der Waals surface area contributed by atoms with Crippen LogP contribution in [0.5, 0.6) is 5.75 Å². The van der Waals surface area contributed by atoms with Crippen LogP contribution < -0.4 is 21.7 Å². The molecule has 0 radical (unpaired) electrons. The van der Waals surface area contributed by atoms with E-state index in [0.29, 0.717) is 12.0 Å². The third-order valence-corrected chi connectivity index (χ3v) is 5.13. The molecular weight excluding hydrogens is 440 g/mol. The van der Waals surface area contributed by atoms with Crippen LogP contribution in [0.15, 0.2) is 54.6 Å². The number of phenolic OH excluding ortho intramolecular Hbond substituents is 1. The van der Waals surface area contributed by atoms with Crippen LogP contribution >= 0.6 is 0 Å². The lowest BCUT2D eigenvalue weighted by Crippen LogP contribution is -2.55. The van der Waals surface area contributed by atoms with E-state index in [1.54, 1.807) is 12.1 Å². The first kappa shape index (κ1) is 26.3. The van der Waals surface area contributed by atoms with Gasteiger partial charge in [0.15, 0.2) is 0 Å². The molecule has 4 atom stereocenters. The van der Waals surface area contributed by atoms with E-state index >= 15 is 0 Å². The Morgan fingerprint density at radius 3 is 1.82 bits per heavy atom. The number of phenols is 1. The molecule has 182 valence electrons. The highest BCUT2D eigenvalue weighted by molar-refractivity contribution is 5.93. The maximum atomic E-state index is 12.5. The Hall–Kier alpha value is -3.92. The lowest BCUT2D eigenvalue weighted by atomic mass is 10.1. The molecule has 0 aliphatic carbocycles. The molecule has 0 spiro atoms. The van der Waals surface area contributed by atoms with Crippen molar-refractivity contribution in [3.63, 3.8) is 0 Å². The third-order valence-electron chi connectivity index (χ3n) is 5.13. The molecule has 7 N–H and O–H groups in total. The van der Waals surface area contributed by atoms with E-state index in [1.165, 1.54) is 26.0 Å². The summed E-state index contributed by atoms with van der Waals surface area (Å²) < 4.78 is 0. The van der Waals surface area contributed by atoms with Crippen molar-refractivity contribution in [3.8, 4) is 5.75 Å². The summed E-state index contributed by atoms with van der Waals surface area (Å²) in [6, 6.07) is 11.0. The van der Waals surface area contributed by atoms with Crippen molar-refractivity contribution >= 4 is 23.7 Å². The smallest absolute Gasteiger partial charge is 0.326 e. The van der Waals surface area contributed by atoms with Gasteiger partial charge in [0, 0.05) is 6.42 Å². The largest absolute Gasteiger partial charge is 0.508 e. The summed E-state index contributed by atoms with van der Waals surface area (Å²) in [5.74, 6) is -3.03. The van der Waals surface area contributed by atoms with Crippen LogP contribution in [-0.2, 0) is 32.0 Å². The van der Waals surface area contributed by atoms with Crippen LogP contribution in [0.25, 0.3) is 0 Å². The summed E-state index contributed by atoms with van der Waals surface area (Å²) in [6.07, 6.45) is 0.297. The van der Waals surface area contributed by atoms with Gasteiger partial charge in [-0.25, -0.2) is 4.79 Å². The average Bonchev–Trinajstić information content (AvgIpc) is 2.80. The summed E-state index contributed by atoms with van der Waals surface area (Å²) in [5.41, 5.74) is 7.41. The number of nitrogens with two attached hydrogens (primary N) is 1. The summed E-state index contributed by atoms with van der Waals surface area (Å²) in [7, 11) is 0. The Bertz CT molecular complexity index is 996. The zero-order valence-electron chi connectivity index (χ0n) is 19.0. The Morgan fingerprint density at radius 1 is 0.765 bits per heavy atom. The van der Waals surface area contributed by atoms with Crippen LogP contribution in [-0.4, -0.2) is 58.1 Å². The van der Waals surface area contributed by atoms with E-state index in [4.69, 9.17) is 5.73 Å². The molecule has 4 unspecified atom stereocenters. The number of carbonyl (C=O) groups is 4. The lowest BCUT2D eigenvalue weighted by Gasteiger charge is -2.21. The predicted octanol–water partition coefficient (Wildman–Crippen LogP) is 0.0835. The first-order chi connectivity index (χ1) is 16.1. The monoisotopic (exact) mass is 470 g/mol. The van der Waals surface area contributed by atoms with Crippen molar-refractivity contribution in [2.45, 2.75) is 50.9 Å². The normalized spacial score (nSPS) is 14.2. The topological polar surface area (TPSA) is 171 Å². The van der Waals surface area contributed by atoms with Gasteiger partial charge in [-0.2, -0.15) is 0 Å². The minimum absolute atomic E-state index is 0.00617. The van der Waals surface area contributed by atoms with Crippen molar-refractivity contribution < 1.29 is 29.4 Å². The van der Waals surface area contributed by atoms with Gasteiger partial charge < -0.3 is 31.9 Å². The summed E-state index contributed by atoms with van der Waals surface area (Å²) >= 11 is 0. The first-order valence-electron chi connectivity index (χ1n) is 10.8. The number of hydrogen-bond donors (Lipinski definition) is 6. The second kappa shape index (κ2) is 12.4. The van der Waals surface area contributed by atoms with Crippen LogP contribution in [0.3, 0.4) is 0 Å². The fraction of sp³-hybridized carbons (Fsp3) is 0.333. The molecule has 2 aromatic carbocycles. The number of carbonyl (C=O) groups excluding carboxylic acids is 3. The van der Waals surface area contributed by atoms with Gasteiger partial charge in [-0.05, 0) is 43.5 Å². The van der Waals surface area contributed by atoms with Crippen LogP contribution in [0.4, 0.5) is 0 Å². The number of hydrogen-bond acceptors (Lipinski definition) is 6. The molecule has 0 saturated heterocycles. The Kier molecular flexibility index (Phi) is 9.57. The maximum absolute atomic E-state index is 12.5. The quantitative estimate of drug-likeness (QED) is 0.270. The van der Waals surface area contributed by atoms with Crippen LogP contribution in [0, 0.1) is 0 Å². The van der Waals surface area contributed by atoms with Gasteiger partial charge in [0.2, 0.25) is 17.7 Å². The molecule has 10 heteroatoms. The molecule has 0 aliphatic heterocycles. The third kappa shape index (κ3) is 8.21. The van der Waals surface area contributed by atoms with Gasteiger partial charge in [-0.1, -0.05) is 42.5 Å². The highest BCUT2D eigenvalue weighted by Crippen LogP contribution is 2.11. The van der Waals surface area contributed by atoms with Crippen molar-refractivity contribution in [2.75, 3.05) is 0 Å². The Morgan fingerprint density at radius 2 is 1.26 bits per heavy atom. The maximum Gasteiger partial charge on any atom is 0.326 e. The number of carboxylic acid groups (broad SMARTS) is 1. The molecule has 2 rings (SSSR count). The lowest BCUT2D eigenvalue weighted by molar-refractivity contribution is -0.142. The van der Waals surface area contributed by atoms with Crippen molar-refractivity contribution in [1.29, 1.82) is 0 Å². The number of rotatable bonds is 11. The van der Waals surface area contributed by atoms with Crippen molar-refractivity contribution in [3.05, 3.63) is 65.7 Å². The Balaban J connectivity index is 1.86. The van der Waals surface area contributed by atoms with Crippen LogP contribution in [0.1, 0.15) is 25.0 Å². The molecule has 0 aromatic heterocycles. The van der Waals surface area contributed by atoms with Gasteiger partial charge in [0.1, 0.15) is 23.9 Å². The minimum Gasteiger partial charge on any atom is -0.508 e. The van der Waals surface area contributed by atoms with Crippen LogP contribution in [0.2, 0.25) is 0 Å². The minimum atomic E-state index is -1.24. The predicted molar refractivity (Wildman–Crippen MR) is 125 cm³/mol. The average molecular weight is 471 g/mol. The van der Waals surface area contributed by atoms with Crippen molar-refractivity contribution in [2.24, 2.45) is 5.73 Å². The number of carboxylic acids is 1. The molecule has 0 heterocycles. The summed E-state index contributed by atoms with van der Waals surface area (Å²) in [5, 5.41) is 26.1. The Labute approximate surface area is 197 Å². The summed E-state index contributed by atoms with van der Waals surface area (Å²) in [4.78, 5) is 48.8. The number of amides is 3. The molecule has 3 amide bonds. The SMILES string of the molecule is CC(NC(=O)C(N)Cc1ccccc1)C(=O)NC(C)C(=O)NC(Cc1ccc(O)cc1)C(=O)O. The molecule has 0 saturated carbocycles. The molecular formula is C24H30N4O6. The number of aromatic hydroxyl groups is 1. The molecule has 34 heavy (non-hydrogen) atoms. The van der Waals surface area contributed by atoms with Gasteiger partial charge in [0.05, 0.1) is 6.04 Å². The highest BCUT2D eigenvalue weighted by Gasteiger charge is 2.26. The van der Waals surface area contributed by atoms with Crippen molar-refractivity contribution in [1.82, 2.24) is 16.0 Å². The fourth-order valence-corrected chi connectivity index (χ4v) is 3.12. The molecule has 0 fully saturated rings. The van der Waals surface area contributed by atoms with Gasteiger partial charge in [-0.3, -0.25) is 14.4 Å². The van der Waals surface area contributed by atoms with Gasteiger partial charge >= 0.3 is 5.97 Å². The molecule has 0 aliphatic rings. The number of benzene rings is 2. The summed E-state index contributed by atoms with van der Waals surface area (Å²) in [6.45, 7) is 2.86. The fourth-order valence-electron chi connectivity index (χ4n) is 3.12. The number of nitrogens with one attached hydrogen (secondary N) is 3. The number of aliphatic carboxylic acids is 1. The van der Waals surface area contributed by atoms with E-state index < -0.39 is 47.9 Å². The van der Waals surface area contributed by atoms with E-state index in [9.17, 15) is 29.4 Å². The van der Waals surface area contributed by atoms with Gasteiger partial charge in [-0.15, -0.1) is 0 Å². The molecule has 2 aromatic rings. The van der Waals surface area contributed by atoms with E-state index in [2.05, 4.69) is 16.0 Å². The first-order valence-corrected chi connectivity index (χ1v) is 10.8. The zero-order valence-corrected chi connectivity index (χ0v) is 19.0. The zero-order chi connectivity index (χ0) is 25.3. The second-order valence-corrected chi connectivity index (χ2v) is 8.03. The second-order valence-electron chi connectivity index (χ2n) is 8.03.